The molecule has 0 aliphatic carbocycles. The molecule has 86 valence electrons. The molecule has 0 bridgehead atoms. The van der Waals surface area contributed by atoms with Crippen molar-refractivity contribution < 1.29 is 18.5 Å². The van der Waals surface area contributed by atoms with E-state index in [0.717, 1.165) is 0 Å². The summed E-state index contributed by atoms with van der Waals surface area (Å²) in [5, 5.41) is 0. The van der Waals surface area contributed by atoms with Gasteiger partial charge in [0.05, 0.1) is 13.5 Å². The molecule has 0 spiro atoms. The van der Waals surface area contributed by atoms with Crippen LogP contribution in [0.5, 0.6) is 0 Å². The van der Waals surface area contributed by atoms with Gasteiger partial charge in [0.25, 0.3) is 0 Å². The predicted molar refractivity (Wildman–Crippen MR) is 55.4 cm³/mol. The van der Waals surface area contributed by atoms with Gasteiger partial charge in [0.15, 0.2) is 0 Å². The summed E-state index contributed by atoms with van der Waals surface area (Å²) >= 11 is 0. The van der Waals surface area contributed by atoms with Gasteiger partial charge in [-0.15, -0.1) is 0 Å². The summed E-state index contributed by atoms with van der Waals surface area (Å²) in [5.41, 5.74) is 0. The average molecular weight is 233 g/mol. The molecule has 5 nitrogen and oxygen atoms in total. The molecular weight excluding hydrogens is 218 g/mol. The van der Waals surface area contributed by atoms with Crippen LogP contribution in [0.2, 0.25) is 0 Å². The van der Waals surface area contributed by atoms with Crippen molar-refractivity contribution >= 4 is 22.7 Å². The van der Waals surface area contributed by atoms with Crippen molar-refractivity contribution in [3.8, 4) is 0 Å². The number of carbonyl (C=O) groups excluding carboxylic acids is 2. The van der Waals surface area contributed by atoms with E-state index in [0.29, 0.717) is 12.3 Å². The molecular formula is C9H15NO4S. The van der Waals surface area contributed by atoms with Gasteiger partial charge >= 0.3 is 5.97 Å². The van der Waals surface area contributed by atoms with Crippen LogP contribution >= 0.6 is 0 Å². The fourth-order valence-electron chi connectivity index (χ4n) is 1.76. The first-order valence-corrected chi connectivity index (χ1v) is 5.97. The van der Waals surface area contributed by atoms with Gasteiger partial charge in [-0.05, 0) is 6.92 Å². The highest BCUT2D eigenvalue weighted by Crippen LogP contribution is 2.30. The summed E-state index contributed by atoms with van der Waals surface area (Å²) < 4.78 is 16.3. The molecule has 1 saturated heterocycles. The Morgan fingerprint density at radius 1 is 1.53 bits per heavy atom. The van der Waals surface area contributed by atoms with Crippen molar-refractivity contribution in [1.82, 2.24) is 4.90 Å². The normalized spacial score (nSPS) is 30.3. The van der Waals surface area contributed by atoms with Crippen LogP contribution in [-0.4, -0.2) is 45.3 Å². The van der Waals surface area contributed by atoms with E-state index in [2.05, 4.69) is 4.74 Å². The van der Waals surface area contributed by atoms with Crippen molar-refractivity contribution in [3.63, 3.8) is 0 Å². The largest absolute Gasteiger partial charge is 0.469 e. The molecule has 0 aromatic rings. The van der Waals surface area contributed by atoms with E-state index in [1.165, 1.54) is 18.9 Å². The Balaban J connectivity index is 2.90. The number of ether oxygens (including phenoxy) is 1. The highest BCUT2D eigenvalue weighted by Gasteiger charge is 2.46. The maximum absolute atomic E-state index is 11.8. The Hall–Kier alpha value is -0.910. The van der Waals surface area contributed by atoms with Crippen LogP contribution in [0.15, 0.2) is 0 Å². The van der Waals surface area contributed by atoms with Crippen molar-refractivity contribution in [1.29, 1.82) is 0 Å². The topological polar surface area (TPSA) is 63.7 Å². The molecule has 1 aliphatic heterocycles. The van der Waals surface area contributed by atoms with Crippen molar-refractivity contribution in [2.24, 2.45) is 0 Å². The monoisotopic (exact) mass is 233 g/mol. The molecule has 1 fully saturated rings. The fourth-order valence-corrected chi connectivity index (χ4v) is 3.29. The molecule has 0 aromatic carbocycles. The van der Waals surface area contributed by atoms with Crippen LogP contribution in [-0.2, 0) is 25.1 Å². The summed E-state index contributed by atoms with van der Waals surface area (Å²) in [6.07, 6.45) is -0.0182. The van der Waals surface area contributed by atoms with Gasteiger partial charge < -0.3 is 9.64 Å². The number of methoxy groups -OCH3 is 1. The zero-order chi connectivity index (χ0) is 11.6. The minimum Gasteiger partial charge on any atom is -0.469 e. The lowest BCUT2D eigenvalue weighted by molar-refractivity contribution is -0.143. The van der Waals surface area contributed by atoms with Crippen molar-refractivity contribution in [2.75, 3.05) is 19.4 Å². The number of hydrogen-bond acceptors (Lipinski definition) is 4. The van der Waals surface area contributed by atoms with E-state index < -0.39 is 21.6 Å². The fraction of sp³-hybridized carbons (Fsp3) is 0.778. The van der Waals surface area contributed by atoms with Gasteiger partial charge in [0.2, 0.25) is 5.91 Å². The second-order valence-corrected chi connectivity index (χ2v) is 5.63. The SMILES string of the molecule is COC(=O)C[C@]1(C)N(C(C)=O)CCS1=O. The molecule has 0 aromatic heterocycles. The Morgan fingerprint density at radius 3 is 2.60 bits per heavy atom. The molecule has 1 heterocycles. The summed E-state index contributed by atoms with van der Waals surface area (Å²) in [5.74, 6) is -0.182. The predicted octanol–water partition coefficient (Wildman–Crippen LogP) is -0.124. The molecule has 15 heavy (non-hydrogen) atoms. The van der Waals surface area contributed by atoms with Crippen LogP contribution in [0, 0.1) is 0 Å². The van der Waals surface area contributed by atoms with E-state index in [1.54, 1.807) is 6.92 Å². The van der Waals surface area contributed by atoms with Crippen LogP contribution < -0.4 is 0 Å². The second kappa shape index (κ2) is 4.30. The molecule has 0 radical (unpaired) electrons. The number of carbonyl (C=O) groups is 2. The minimum absolute atomic E-state index is 0.0182. The Labute approximate surface area is 91.2 Å². The Morgan fingerprint density at radius 2 is 2.13 bits per heavy atom. The van der Waals surface area contributed by atoms with Gasteiger partial charge in [-0.2, -0.15) is 0 Å². The quantitative estimate of drug-likeness (QED) is 0.624. The first-order valence-electron chi connectivity index (χ1n) is 4.65. The number of amides is 1. The van der Waals surface area contributed by atoms with Gasteiger partial charge in [0.1, 0.15) is 4.87 Å². The summed E-state index contributed by atoms with van der Waals surface area (Å²) in [6, 6.07) is 0. The molecule has 1 unspecified atom stereocenters. The van der Waals surface area contributed by atoms with Gasteiger partial charge in [0, 0.05) is 30.0 Å². The van der Waals surface area contributed by atoms with Crippen LogP contribution in [0.1, 0.15) is 20.3 Å². The number of hydrogen-bond donors (Lipinski definition) is 0. The molecule has 1 amide bonds. The summed E-state index contributed by atoms with van der Waals surface area (Å²) in [6.45, 7) is 3.52. The molecule has 6 heteroatoms. The van der Waals surface area contributed by atoms with Gasteiger partial charge in [-0.25, -0.2) is 0 Å². The Kier molecular flexibility index (Phi) is 3.49. The summed E-state index contributed by atoms with van der Waals surface area (Å²) in [4.78, 5) is 23.1. The molecule has 0 saturated carbocycles. The van der Waals surface area contributed by atoms with E-state index in [-0.39, 0.29) is 12.3 Å². The summed E-state index contributed by atoms with van der Waals surface area (Å²) in [7, 11) is 0.0847. The molecule has 0 N–H and O–H groups in total. The third-order valence-corrected chi connectivity index (χ3v) is 4.54. The van der Waals surface area contributed by atoms with E-state index in [1.807, 2.05) is 0 Å². The number of nitrogens with zero attached hydrogens (tertiary/aromatic N) is 1. The zero-order valence-electron chi connectivity index (χ0n) is 9.11. The van der Waals surface area contributed by atoms with E-state index in [4.69, 9.17) is 0 Å². The third kappa shape index (κ3) is 2.19. The maximum Gasteiger partial charge on any atom is 0.308 e. The van der Waals surface area contributed by atoms with Crippen LogP contribution in [0.3, 0.4) is 0 Å². The highest BCUT2D eigenvalue weighted by atomic mass is 32.2. The Bertz CT molecular complexity index is 317. The zero-order valence-corrected chi connectivity index (χ0v) is 9.93. The van der Waals surface area contributed by atoms with Crippen LogP contribution in [0.4, 0.5) is 0 Å². The first kappa shape index (κ1) is 12.2. The minimum atomic E-state index is -1.19. The highest BCUT2D eigenvalue weighted by molar-refractivity contribution is 7.86. The van der Waals surface area contributed by atoms with Gasteiger partial charge in [-0.1, -0.05) is 0 Å². The molecule has 2 atom stereocenters. The van der Waals surface area contributed by atoms with Crippen molar-refractivity contribution in [3.05, 3.63) is 0 Å². The lowest BCUT2D eigenvalue weighted by Crippen LogP contribution is -2.47. The van der Waals surface area contributed by atoms with Crippen molar-refractivity contribution in [2.45, 2.75) is 25.1 Å². The van der Waals surface area contributed by atoms with Gasteiger partial charge in [-0.3, -0.25) is 13.8 Å². The second-order valence-electron chi connectivity index (χ2n) is 3.65. The standard InChI is InChI=1S/C9H15NO4S/c1-7(11)10-4-5-15(13)9(10,2)6-8(12)14-3/h4-6H2,1-3H3/t9-,15?/m1/s1. The number of rotatable bonds is 2. The lowest BCUT2D eigenvalue weighted by Gasteiger charge is -2.31. The van der Waals surface area contributed by atoms with Crippen LogP contribution in [0.25, 0.3) is 0 Å². The molecule has 1 rings (SSSR count). The van der Waals surface area contributed by atoms with E-state index in [9.17, 15) is 13.8 Å². The molecule has 1 aliphatic rings. The smallest absolute Gasteiger partial charge is 0.308 e. The number of esters is 1. The van der Waals surface area contributed by atoms with E-state index >= 15 is 0 Å². The maximum atomic E-state index is 11.8. The third-order valence-electron chi connectivity index (χ3n) is 2.64. The first-order chi connectivity index (χ1) is 6.91. The average Bonchev–Trinajstić information content (AvgIpc) is 2.43. The lowest BCUT2D eigenvalue weighted by atomic mass is 10.2.